The van der Waals surface area contributed by atoms with Gasteiger partial charge >= 0.3 is 5.97 Å². The molecule has 2 amide bonds. The van der Waals surface area contributed by atoms with Crippen LogP contribution >= 0.6 is 0 Å². The molecule has 1 aromatic rings. The fourth-order valence-electron chi connectivity index (χ4n) is 3.61. The molecular weight excluding hydrogens is 332 g/mol. The molecule has 1 saturated heterocycles. The number of carbonyl (C=O) groups is 3. The summed E-state index contributed by atoms with van der Waals surface area (Å²) < 4.78 is 0. The molecule has 2 fully saturated rings. The normalized spacial score (nSPS) is 24.8. The number of likely N-dealkylation sites (tertiary alicyclic amines) is 1. The molecule has 2 N–H and O–H groups in total. The first-order chi connectivity index (χ1) is 12.4. The molecule has 0 radical (unpaired) electrons. The van der Waals surface area contributed by atoms with Gasteiger partial charge in [0.2, 0.25) is 5.91 Å². The number of amides is 2. The number of benzene rings is 1. The van der Waals surface area contributed by atoms with Crippen molar-refractivity contribution in [3.63, 3.8) is 0 Å². The monoisotopic (exact) mass is 358 g/mol. The zero-order chi connectivity index (χ0) is 18.7. The van der Waals surface area contributed by atoms with Crippen LogP contribution in [0.5, 0.6) is 0 Å². The van der Waals surface area contributed by atoms with E-state index in [-0.39, 0.29) is 30.1 Å². The van der Waals surface area contributed by atoms with Crippen molar-refractivity contribution in [2.24, 2.45) is 17.8 Å². The van der Waals surface area contributed by atoms with Gasteiger partial charge in [0.05, 0.1) is 0 Å². The predicted octanol–water partition coefficient (Wildman–Crippen LogP) is 3.00. The molecule has 1 aliphatic carbocycles. The Hall–Kier alpha value is -2.37. The highest BCUT2D eigenvalue weighted by Crippen LogP contribution is 2.38. The number of carboxylic acid groups (broad SMARTS) is 1. The summed E-state index contributed by atoms with van der Waals surface area (Å²) >= 11 is 0. The van der Waals surface area contributed by atoms with E-state index < -0.39 is 5.97 Å². The summed E-state index contributed by atoms with van der Waals surface area (Å²) in [5, 5.41) is 11.7. The molecule has 3 atom stereocenters. The molecule has 1 aromatic carbocycles. The summed E-state index contributed by atoms with van der Waals surface area (Å²) in [6, 6.07) is 7.03. The van der Waals surface area contributed by atoms with Gasteiger partial charge in [-0.05, 0) is 61.8 Å². The number of aliphatic carboxylic acids is 1. The number of hydrogen-bond donors (Lipinski definition) is 2. The van der Waals surface area contributed by atoms with Crippen molar-refractivity contribution >= 4 is 23.5 Å². The SMILES string of the molecule is CC1CC1C(=O)Nc1ccc(C(=O)N2CCCC(CCC(=O)O)C2)cc1. The molecule has 1 saturated carbocycles. The van der Waals surface area contributed by atoms with Gasteiger partial charge < -0.3 is 15.3 Å². The number of hydrogen-bond acceptors (Lipinski definition) is 3. The molecule has 26 heavy (non-hydrogen) atoms. The van der Waals surface area contributed by atoms with E-state index in [1.807, 2.05) is 4.90 Å². The van der Waals surface area contributed by atoms with Crippen molar-refractivity contribution in [2.45, 2.75) is 39.0 Å². The summed E-state index contributed by atoms with van der Waals surface area (Å²) in [6.07, 6.45) is 3.59. The Kier molecular flexibility index (Phi) is 5.59. The van der Waals surface area contributed by atoms with Crippen molar-refractivity contribution in [1.29, 1.82) is 0 Å². The second kappa shape index (κ2) is 7.89. The Bertz CT molecular complexity index is 686. The quantitative estimate of drug-likeness (QED) is 0.818. The summed E-state index contributed by atoms with van der Waals surface area (Å²) in [7, 11) is 0. The minimum atomic E-state index is -0.785. The number of carboxylic acids is 1. The van der Waals surface area contributed by atoms with Gasteiger partial charge in [-0.1, -0.05) is 6.92 Å². The van der Waals surface area contributed by atoms with Gasteiger partial charge in [0.1, 0.15) is 0 Å². The second-order valence-electron chi connectivity index (χ2n) is 7.58. The number of piperidine rings is 1. The van der Waals surface area contributed by atoms with Crippen LogP contribution in [-0.4, -0.2) is 40.9 Å². The van der Waals surface area contributed by atoms with Gasteiger partial charge in [-0.15, -0.1) is 0 Å². The average Bonchev–Trinajstić information content (AvgIpc) is 3.37. The van der Waals surface area contributed by atoms with Crippen LogP contribution in [0.4, 0.5) is 5.69 Å². The highest BCUT2D eigenvalue weighted by Gasteiger charge is 2.39. The van der Waals surface area contributed by atoms with Crippen LogP contribution in [0.3, 0.4) is 0 Å². The molecule has 0 bridgehead atoms. The molecule has 1 aliphatic heterocycles. The molecule has 0 spiro atoms. The Balaban J connectivity index is 1.55. The standard InChI is InChI=1S/C20H26N2O4/c1-13-11-17(13)19(25)21-16-7-5-15(6-8-16)20(26)22-10-2-3-14(12-22)4-9-18(23)24/h5-8,13-14,17H,2-4,9-12H2,1H3,(H,21,25)(H,23,24). The molecule has 1 heterocycles. The first-order valence-electron chi connectivity index (χ1n) is 9.36. The number of rotatable bonds is 6. The Labute approximate surface area is 153 Å². The maximum absolute atomic E-state index is 12.7. The van der Waals surface area contributed by atoms with E-state index >= 15 is 0 Å². The van der Waals surface area contributed by atoms with Crippen molar-refractivity contribution in [1.82, 2.24) is 4.90 Å². The number of nitrogens with one attached hydrogen (secondary N) is 1. The fourth-order valence-corrected chi connectivity index (χ4v) is 3.61. The highest BCUT2D eigenvalue weighted by molar-refractivity contribution is 5.97. The summed E-state index contributed by atoms with van der Waals surface area (Å²) in [5.74, 6) is 0.0681. The zero-order valence-electron chi connectivity index (χ0n) is 15.1. The van der Waals surface area contributed by atoms with Gasteiger partial charge in [-0.25, -0.2) is 0 Å². The predicted molar refractivity (Wildman–Crippen MR) is 97.8 cm³/mol. The maximum Gasteiger partial charge on any atom is 0.303 e. The van der Waals surface area contributed by atoms with E-state index in [0.29, 0.717) is 36.7 Å². The van der Waals surface area contributed by atoms with Crippen LogP contribution in [0.1, 0.15) is 49.4 Å². The Morgan fingerprint density at radius 2 is 1.92 bits per heavy atom. The van der Waals surface area contributed by atoms with E-state index in [1.165, 1.54) is 0 Å². The number of anilines is 1. The molecule has 3 rings (SSSR count). The van der Waals surface area contributed by atoms with Gasteiger partial charge in [-0.2, -0.15) is 0 Å². The largest absolute Gasteiger partial charge is 0.481 e. The average molecular weight is 358 g/mol. The Morgan fingerprint density at radius 1 is 1.23 bits per heavy atom. The molecule has 0 aromatic heterocycles. The van der Waals surface area contributed by atoms with E-state index in [0.717, 1.165) is 19.3 Å². The first-order valence-corrected chi connectivity index (χ1v) is 9.36. The van der Waals surface area contributed by atoms with Crippen LogP contribution in [-0.2, 0) is 9.59 Å². The zero-order valence-corrected chi connectivity index (χ0v) is 15.1. The van der Waals surface area contributed by atoms with Crippen LogP contribution in [0.2, 0.25) is 0 Å². The molecular formula is C20H26N2O4. The molecule has 140 valence electrons. The maximum atomic E-state index is 12.7. The van der Waals surface area contributed by atoms with Crippen molar-refractivity contribution in [2.75, 3.05) is 18.4 Å². The van der Waals surface area contributed by atoms with Crippen LogP contribution in [0.15, 0.2) is 24.3 Å². The minimum absolute atomic E-state index is 0.0290. The number of carbonyl (C=O) groups excluding carboxylic acids is 2. The van der Waals surface area contributed by atoms with E-state index in [2.05, 4.69) is 12.2 Å². The highest BCUT2D eigenvalue weighted by atomic mass is 16.4. The molecule has 3 unspecified atom stereocenters. The number of nitrogens with zero attached hydrogens (tertiary/aromatic N) is 1. The lowest BCUT2D eigenvalue weighted by molar-refractivity contribution is -0.137. The van der Waals surface area contributed by atoms with E-state index in [9.17, 15) is 14.4 Å². The second-order valence-corrected chi connectivity index (χ2v) is 7.58. The summed E-state index contributed by atoms with van der Waals surface area (Å²) in [5.41, 5.74) is 1.31. The Morgan fingerprint density at radius 3 is 2.54 bits per heavy atom. The van der Waals surface area contributed by atoms with E-state index in [4.69, 9.17) is 5.11 Å². The van der Waals surface area contributed by atoms with Gasteiger partial charge in [-0.3, -0.25) is 14.4 Å². The van der Waals surface area contributed by atoms with Crippen molar-refractivity contribution < 1.29 is 19.5 Å². The summed E-state index contributed by atoms with van der Waals surface area (Å²) in [6.45, 7) is 3.39. The lowest BCUT2D eigenvalue weighted by Crippen LogP contribution is -2.40. The smallest absolute Gasteiger partial charge is 0.303 e. The van der Waals surface area contributed by atoms with Gasteiger partial charge in [0.25, 0.3) is 5.91 Å². The minimum Gasteiger partial charge on any atom is -0.481 e. The van der Waals surface area contributed by atoms with Crippen molar-refractivity contribution in [3.8, 4) is 0 Å². The fraction of sp³-hybridized carbons (Fsp3) is 0.550. The van der Waals surface area contributed by atoms with Crippen LogP contribution < -0.4 is 5.32 Å². The molecule has 2 aliphatic rings. The third-order valence-corrected chi connectivity index (χ3v) is 5.42. The lowest BCUT2D eigenvalue weighted by Gasteiger charge is -2.32. The van der Waals surface area contributed by atoms with Crippen LogP contribution in [0, 0.1) is 17.8 Å². The lowest BCUT2D eigenvalue weighted by atomic mass is 9.93. The van der Waals surface area contributed by atoms with Crippen molar-refractivity contribution in [3.05, 3.63) is 29.8 Å². The third-order valence-electron chi connectivity index (χ3n) is 5.42. The summed E-state index contributed by atoms with van der Waals surface area (Å²) in [4.78, 5) is 37.2. The topological polar surface area (TPSA) is 86.7 Å². The third kappa shape index (κ3) is 4.62. The molecule has 6 nitrogen and oxygen atoms in total. The van der Waals surface area contributed by atoms with Gasteiger partial charge in [0, 0.05) is 36.7 Å². The van der Waals surface area contributed by atoms with Crippen LogP contribution in [0.25, 0.3) is 0 Å². The first kappa shape index (κ1) is 18.4. The molecule has 6 heteroatoms. The van der Waals surface area contributed by atoms with E-state index in [1.54, 1.807) is 24.3 Å². The van der Waals surface area contributed by atoms with Gasteiger partial charge in [0.15, 0.2) is 0 Å².